The second-order valence-electron chi connectivity index (χ2n) is 10.1. The molecule has 0 radical (unpaired) electrons. The molecule has 4 aromatic carbocycles. The Morgan fingerprint density at radius 3 is 2.33 bits per heavy atom. The van der Waals surface area contributed by atoms with Gasteiger partial charge in [-0.2, -0.15) is 8.75 Å². The van der Waals surface area contributed by atoms with Crippen LogP contribution >= 0.6 is 11.7 Å². The zero-order valence-corrected chi connectivity index (χ0v) is 25.1. The number of benzene rings is 4. The first-order chi connectivity index (χ1) is 22.2. The maximum absolute atomic E-state index is 14.5. The normalized spacial score (nSPS) is 16.6. The van der Waals surface area contributed by atoms with E-state index in [1.165, 1.54) is 38.5 Å². The van der Waals surface area contributed by atoms with Crippen LogP contribution in [0, 0.1) is 11.6 Å². The van der Waals surface area contributed by atoms with Crippen molar-refractivity contribution in [2.45, 2.75) is 12.2 Å². The highest BCUT2D eigenvalue weighted by molar-refractivity contribution is 7.00. The summed E-state index contributed by atoms with van der Waals surface area (Å²) < 4.78 is 61.8. The summed E-state index contributed by atoms with van der Waals surface area (Å²) in [7, 11) is 2.75. The van der Waals surface area contributed by atoms with Crippen molar-refractivity contribution in [2.24, 2.45) is 0 Å². The maximum Gasteiger partial charge on any atom is 0.342 e. The number of cyclic esters (lactones) is 1. The summed E-state index contributed by atoms with van der Waals surface area (Å²) >= 11 is 1.06. The molecule has 7 rings (SSSR count). The van der Waals surface area contributed by atoms with Gasteiger partial charge in [-0.15, -0.1) is 0 Å². The zero-order chi connectivity index (χ0) is 32.4. The number of hydrogen-bond donors (Lipinski definition) is 1. The highest BCUT2D eigenvalue weighted by atomic mass is 32.1. The molecule has 5 aromatic rings. The van der Waals surface area contributed by atoms with Crippen LogP contribution in [0.5, 0.6) is 23.0 Å². The molecule has 0 spiro atoms. The second kappa shape index (κ2) is 12.5. The van der Waals surface area contributed by atoms with Crippen LogP contribution in [0.1, 0.15) is 27.0 Å². The van der Waals surface area contributed by atoms with Gasteiger partial charge < -0.3 is 28.8 Å². The fourth-order valence-corrected chi connectivity index (χ4v) is 5.62. The summed E-state index contributed by atoms with van der Waals surface area (Å²) in [5.41, 5.74) is 3.36. The average Bonchev–Trinajstić information content (AvgIpc) is 3.79. The minimum Gasteiger partial charge on any atom is -0.494 e. The number of aldehydes is 1. The van der Waals surface area contributed by atoms with Crippen molar-refractivity contribution in [3.8, 4) is 23.0 Å². The Hall–Kier alpha value is -5.40. The van der Waals surface area contributed by atoms with E-state index in [2.05, 4.69) is 13.5 Å². The summed E-state index contributed by atoms with van der Waals surface area (Å²) in [5.74, 6) is -2.71. The lowest BCUT2D eigenvalue weighted by atomic mass is 9.88. The molecule has 0 saturated carbocycles. The van der Waals surface area contributed by atoms with Crippen molar-refractivity contribution >= 4 is 40.6 Å². The Kier molecular flexibility index (Phi) is 8.35. The van der Waals surface area contributed by atoms with E-state index >= 15 is 0 Å². The van der Waals surface area contributed by atoms with E-state index in [0.29, 0.717) is 45.5 Å². The average molecular weight is 647 g/mol. The number of carbonyl (C=O) groups is 2. The lowest BCUT2D eigenvalue weighted by molar-refractivity contribution is -0.185. The summed E-state index contributed by atoms with van der Waals surface area (Å²) in [5, 5.41) is 11.8. The number of carbonyl (C=O) groups excluding carboxylic acids is 2. The molecule has 1 aromatic heterocycles. The number of fused-ring (bicyclic) bond motifs is 2. The van der Waals surface area contributed by atoms with E-state index in [4.69, 9.17) is 18.9 Å². The SMILES string of the molecule is COc1ccc(C=O)cc1F.COc1ccc(CC2=C(c3ccc4nsnc4c3)C(=O)OC2(O)c2ccc3c(c2)OCO3)cc1F. The number of hydrogen-bond acceptors (Lipinski definition) is 11. The highest BCUT2D eigenvalue weighted by Crippen LogP contribution is 2.47. The van der Waals surface area contributed by atoms with Gasteiger partial charge in [-0.1, -0.05) is 12.1 Å². The van der Waals surface area contributed by atoms with Crippen LogP contribution in [0.25, 0.3) is 16.6 Å². The van der Waals surface area contributed by atoms with Crippen molar-refractivity contribution in [3.63, 3.8) is 0 Å². The Morgan fingerprint density at radius 1 is 0.891 bits per heavy atom. The predicted octanol–water partition coefficient (Wildman–Crippen LogP) is 5.61. The van der Waals surface area contributed by atoms with Gasteiger partial charge in [0.15, 0.2) is 34.6 Å². The van der Waals surface area contributed by atoms with Gasteiger partial charge in [-0.05, 0) is 71.8 Å². The lowest BCUT2D eigenvalue weighted by Gasteiger charge is -2.26. The Balaban J connectivity index is 0.000000288. The third kappa shape index (κ3) is 5.73. The molecule has 13 heteroatoms. The maximum atomic E-state index is 14.5. The smallest absolute Gasteiger partial charge is 0.342 e. The zero-order valence-electron chi connectivity index (χ0n) is 24.3. The van der Waals surface area contributed by atoms with Gasteiger partial charge in [0, 0.05) is 23.1 Å². The van der Waals surface area contributed by atoms with Crippen molar-refractivity contribution in [2.75, 3.05) is 21.0 Å². The monoisotopic (exact) mass is 646 g/mol. The van der Waals surface area contributed by atoms with Gasteiger partial charge in [-0.25, -0.2) is 13.6 Å². The molecule has 0 fully saturated rings. The summed E-state index contributed by atoms with van der Waals surface area (Å²) in [6, 6.07) is 18.5. The van der Waals surface area contributed by atoms with Crippen LogP contribution in [0.4, 0.5) is 8.78 Å². The molecule has 46 heavy (non-hydrogen) atoms. The molecule has 0 amide bonds. The van der Waals surface area contributed by atoms with E-state index < -0.39 is 23.4 Å². The number of esters is 1. The first-order valence-electron chi connectivity index (χ1n) is 13.7. The third-order valence-corrected chi connectivity index (χ3v) is 7.93. The Morgan fingerprint density at radius 2 is 1.61 bits per heavy atom. The number of rotatable bonds is 7. The minimum absolute atomic E-state index is 0.0281. The molecule has 0 bridgehead atoms. The fraction of sp³-hybridized carbons (Fsp3) is 0.152. The number of halogens is 2. The topological polar surface area (TPSA) is 126 Å². The van der Waals surface area contributed by atoms with Crippen molar-refractivity contribution in [1.82, 2.24) is 8.75 Å². The van der Waals surface area contributed by atoms with Crippen LogP contribution < -0.4 is 18.9 Å². The number of methoxy groups -OCH3 is 2. The van der Waals surface area contributed by atoms with Crippen LogP contribution in [0.15, 0.2) is 78.4 Å². The van der Waals surface area contributed by atoms with Gasteiger partial charge in [0.05, 0.1) is 31.5 Å². The van der Waals surface area contributed by atoms with Crippen LogP contribution in [-0.4, -0.2) is 47.1 Å². The molecule has 234 valence electrons. The quantitative estimate of drug-likeness (QED) is 0.176. The largest absolute Gasteiger partial charge is 0.494 e. The molecule has 0 aliphatic carbocycles. The first kappa shape index (κ1) is 30.6. The van der Waals surface area contributed by atoms with Crippen LogP contribution in [0.3, 0.4) is 0 Å². The minimum atomic E-state index is -2.11. The standard InChI is InChI=1S/C25H17FN2O6S.C8H7FO2/c1-31-20-6-2-13(9-17(20)26)8-16-23(14-3-5-18-19(10-14)28-35-27-18)24(29)34-25(16,30)15-4-7-21-22(11-15)33-12-32-21;1-11-8-3-2-6(5-10)4-7(8)9/h2-7,9-11,30H,8,12H2,1H3;2-5H,1H3. The summed E-state index contributed by atoms with van der Waals surface area (Å²) in [6.07, 6.45) is 0.614. The molecule has 2 aliphatic rings. The van der Waals surface area contributed by atoms with E-state index in [1.54, 1.807) is 42.5 Å². The third-order valence-electron chi connectivity index (χ3n) is 7.37. The van der Waals surface area contributed by atoms with E-state index in [9.17, 15) is 23.5 Å². The van der Waals surface area contributed by atoms with E-state index in [0.717, 1.165) is 17.8 Å². The van der Waals surface area contributed by atoms with E-state index in [-0.39, 0.29) is 41.4 Å². The van der Waals surface area contributed by atoms with E-state index in [1.807, 2.05) is 0 Å². The van der Waals surface area contributed by atoms with Gasteiger partial charge in [-0.3, -0.25) is 4.79 Å². The van der Waals surface area contributed by atoms with Gasteiger partial charge in [0.1, 0.15) is 17.3 Å². The first-order valence-corrected chi connectivity index (χ1v) is 14.4. The molecule has 1 unspecified atom stereocenters. The number of aromatic nitrogens is 2. The number of aliphatic hydroxyl groups is 1. The van der Waals surface area contributed by atoms with Gasteiger partial charge in [0.25, 0.3) is 5.79 Å². The van der Waals surface area contributed by atoms with Gasteiger partial charge in [0.2, 0.25) is 6.79 Å². The number of ether oxygens (including phenoxy) is 5. The summed E-state index contributed by atoms with van der Waals surface area (Å²) in [6.45, 7) is 0.0533. The van der Waals surface area contributed by atoms with Gasteiger partial charge >= 0.3 is 5.97 Å². The second-order valence-corrected chi connectivity index (χ2v) is 10.6. The highest BCUT2D eigenvalue weighted by Gasteiger charge is 2.48. The molecule has 2 aliphatic heterocycles. The number of nitrogens with zero attached hydrogens (tertiary/aromatic N) is 2. The molecular weight excluding hydrogens is 622 g/mol. The molecule has 3 heterocycles. The summed E-state index contributed by atoms with van der Waals surface area (Å²) in [4.78, 5) is 23.4. The molecule has 0 saturated heterocycles. The van der Waals surface area contributed by atoms with Crippen molar-refractivity contribution < 1.29 is 47.2 Å². The molecule has 1 atom stereocenters. The Bertz CT molecular complexity index is 2010. The fourth-order valence-electron chi connectivity index (χ4n) is 5.10. The van der Waals surface area contributed by atoms with Crippen molar-refractivity contribution in [3.05, 3.63) is 112 Å². The Labute approximate surface area is 264 Å². The molecular formula is C33H24F2N2O8S. The lowest BCUT2D eigenvalue weighted by Crippen LogP contribution is -2.29. The molecule has 10 nitrogen and oxygen atoms in total. The van der Waals surface area contributed by atoms with Crippen LogP contribution in [0.2, 0.25) is 0 Å². The van der Waals surface area contributed by atoms with Crippen LogP contribution in [-0.2, 0) is 21.7 Å². The van der Waals surface area contributed by atoms with Crippen molar-refractivity contribution in [1.29, 1.82) is 0 Å². The molecule has 1 N–H and O–H groups in total. The predicted molar refractivity (Wildman–Crippen MR) is 162 cm³/mol.